The molecule has 1 aromatic carbocycles. The molecule has 5 heteroatoms. The Labute approximate surface area is 171 Å². The summed E-state index contributed by atoms with van der Waals surface area (Å²) in [4.78, 5) is 32.4. The predicted molar refractivity (Wildman–Crippen MR) is 113 cm³/mol. The van der Waals surface area contributed by atoms with Gasteiger partial charge in [0.05, 0.1) is 0 Å². The van der Waals surface area contributed by atoms with E-state index in [1.807, 2.05) is 4.90 Å². The van der Waals surface area contributed by atoms with Gasteiger partial charge in [-0.2, -0.15) is 0 Å². The number of aromatic nitrogens is 1. The average molecular weight is 392 g/mol. The molecule has 5 nitrogen and oxygen atoms in total. The van der Waals surface area contributed by atoms with Gasteiger partial charge < -0.3 is 9.88 Å². The lowest BCUT2D eigenvalue weighted by Gasteiger charge is -2.55. The zero-order chi connectivity index (χ0) is 19.8. The summed E-state index contributed by atoms with van der Waals surface area (Å²) < 4.78 is 0. The number of H-pyrrole nitrogens is 1. The van der Waals surface area contributed by atoms with Crippen molar-refractivity contribution in [3.8, 4) is 0 Å². The van der Waals surface area contributed by atoms with Crippen LogP contribution < -0.4 is 5.56 Å². The minimum atomic E-state index is -0.282. The first-order valence-corrected chi connectivity index (χ1v) is 11.0. The Morgan fingerprint density at radius 3 is 2.72 bits per heavy atom. The number of benzene rings is 1. The minimum Gasteiger partial charge on any atom is -0.338 e. The lowest BCUT2D eigenvalue weighted by Crippen LogP contribution is -2.62. The van der Waals surface area contributed by atoms with Crippen LogP contribution in [-0.2, 0) is 6.42 Å². The molecule has 1 amide bonds. The van der Waals surface area contributed by atoms with Gasteiger partial charge in [-0.3, -0.25) is 14.5 Å². The molecule has 0 spiro atoms. The lowest BCUT2D eigenvalue weighted by molar-refractivity contribution is -0.0499. The van der Waals surface area contributed by atoms with Crippen molar-refractivity contribution in [1.29, 1.82) is 0 Å². The summed E-state index contributed by atoms with van der Waals surface area (Å²) in [5, 5.41) is 0. The second-order valence-electron chi connectivity index (χ2n) is 9.02. The Morgan fingerprint density at radius 1 is 1.03 bits per heavy atom. The molecule has 1 aromatic heterocycles. The highest BCUT2D eigenvalue weighted by atomic mass is 16.2. The number of rotatable bonds is 3. The molecular weight excluding hydrogens is 362 g/mol. The highest BCUT2D eigenvalue weighted by molar-refractivity contribution is 5.93. The molecule has 0 saturated carbocycles. The number of nitrogens with one attached hydrogen (secondary N) is 1. The molecule has 2 bridgehead atoms. The van der Waals surface area contributed by atoms with Gasteiger partial charge in [-0.05, 0) is 55.2 Å². The van der Waals surface area contributed by atoms with Crippen molar-refractivity contribution in [3.05, 3.63) is 70.1 Å². The van der Waals surface area contributed by atoms with Crippen LogP contribution in [0.1, 0.15) is 41.6 Å². The van der Waals surface area contributed by atoms with Gasteiger partial charge in [-0.25, -0.2) is 0 Å². The molecule has 4 atom stereocenters. The van der Waals surface area contributed by atoms with Crippen molar-refractivity contribution in [2.24, 2.45) is 11.8 Å². The van der Waals surface area contributed by atoms with Crippen molar-refractivity contribution in [2.75, 3.05) is 19.6 Å². The lowest BCUT2D eigenvalue weighted by atomic mass is 9.74. The van der Waals surface area contributed by atoms with Crippen molar-refractivity contribution >= 4 is 5.91 Å². The quantitative estimate of drug-likeness (QED) is 0.875. The van der Waals surface area contributed by atoms with E-state index in [0.717, 1.165) is 26.1 Å². The van der Waals surface area contributed by atoms with Gasteiger partial charge in [0.15, 0.2) is 0 Å². The maximum Gasteiger partial charge on any atom is 0.260 e. The van der Waals surface area contributed by atoms with E-state index >= 15 is 0 Å². The SMILES string of the molecule is O=C(c1ccc[nH]c1=O)N1C[C@@H]2C[C@H](C1)[C@@H]1CCC[C@H](Cc3ccccc3)N1C2. The zero-order valence-corrected chi connectivity index (χ0v) is 16.8. The fraction of sp³-hybridized carbons (Fsp3) is 0.500. The Bertz CT molecular complexity index is 925. The fourth-order valence-electron chi connectivity index (χ4n) is 5.94. The van der Waals surface area contributed by atoms with Crippen LogP contribution in [0.4, 0.5) is 0 Å². The monoisotopic (exact) mass is 391 g/mol. The molecule has 3 saturated heterocycles. The van der Waals surface area contributed by atoms with Crippen LogP contribution in [0.5, 0.6) is 0 Å². The topological polar surface area (TPSA) is 56.4 Å². The molecule has 5 rings (SSSR count). The van der Waals surface area contributed by atoms with Crippen molar-refractivity contribution in [1.82, 2.24) is 14.8 Å². The molecule has 3 fully saturated rings. The molecule has 3 aliphatic heterocycles. The molecule has 1 N–H and O–H groups in total. The van der Waals surface area contributed by atoms with Gasteiger partial charge in [0.25, 0.3) is 11.5 Å². The average Bonchev–Trinajstić information content (AvgIpc) is 2.75. The van der Waals surface area contributed by atoms with E-state index in [1.54, 1.807) is 18.3 Å². The van der Waals surface area contributed by atoms with Gasteiger partial charge in [-0.1, -0.05) is 36.8 Å². The number of fused-ring (bicyclic) bond motifs is 4. The Kier molecular flexibility index (Phi) is 5.00. The van der Waals surface area contributed by atoms with Crippen LogP contribution in [0, 0.1) is 11.8 Å². The van der Waals surface area contributed by atoms with Crippen molar-refractivity contribution < 1.29 is 4.79 Å². The second kappa shape index (κ2) is 7.79. The highest BCUT2D eigenvalue weighted by Crippen LogP contribution is 2.40. The first-order valence-electron chi connectivity index (χ1n) is 11.0. The summed E-state index contributed by atoms with van der Waals surface area (Å²) in [6, 6.07) is 15.4. The first kappa shape index (κ1) is 18.6. The largest absolute Gasteiger partial charge is 0.338 e. The number of aromatic amines is 1. The smallest absolute Gasteiger partial charge is 0.260 e. The van der Waals surface area contributed by atoms with Crippen LogP contribution >= 0.6 is 0 Å². The summed E-state index contributed by atoms with van der Waals surface area (Å²) in [7, 11) is 0. The summed E-state index contributed by atoms with van der Waals surface area (Å²) >= 11 is 0. The summed E-state index contributed by atoms with van der Waals surface area (Å²) in [6.45, 7) is 2.63. The third kappa shape index (κ3) is 3.64. The standard InChI is InChI=1S/C24H29N3O2/c28-23-21(9-5-11-25-23)24(29)26-14-18-12-19(16-26)22-10-4-8-20(27(22)15-18)13-17-6-2-1-3-7-17/h1-3,5-7,9,11,18-20,22H,4,8,10,12-16H2,(H,25,28)/t18-,19+,20+,22-/m0/s1. The molecule has 0 unspecified atom stereocenters. The van der Waals surface area contributed by atoms with E-state index in [9.17, 15) is 9.59 Å². The number of nitrogens with zero attached hydrogens (tertiary/aromatic N) is 2. The van der Waals surface area contributed by atoms with Crippen LogP contribution in [0.2, 0.25) is 0 Å². The number of carbonyl (C=O) groups excluding carboxylic acids is 1. The zero-order valence-electron chi connectivity index (χ0n) is 16.8. The normalized spacial score (nSPS) is 29.3. The number of hydrogen-bond acceptors (Lipinski definition) is 3. The minimum absolute atomic E-state index is 0.105. The Balaban J connectivity index is 1.32. The van der Waals surface area contributed by atoms with Crippen LogP contribution in [0.15, 0.2) is 53.5 Å². The summed E-state index contributed by atoms with van der Waals surface area (Å²) in [6.07, 6.45) is 7.69. The Hall–Kier alpha value is -2.40. The van der Waals surface area contributed by atoms with Gasteiger partial charge in [0.1, 0.15) is 5.56 Å². The van der Waals surface area contributed by atoms with E-state index in [4.69, 9.17) is 0 Å². The molecule has 0 aliphatic carbocycles. The van der Waals surface area contributed by atoms with Gasteiger partial charge in [0, 0.05) is 37.9 Å². The van der Waals surface area contributed by atoms with Gasteiger partial charge >= 0.3 is 0 Å². The van der Waals surface area contributed by atoms with Crippen molar-refractivity contribution in [2.45, 2.75) is 44.2 Å². The highest BCUT2D eigenvalue weighted by Gasteiger charge is 2.45. The van der Waals surface area contributed by atoms with Crippen LogP contribution in [0.25, 0.3) is 0 Å². The molecular formula is C24H29N3O2. The number of pyridine rings is 1. The van der Waals surface area contributed by atoms with E-state index in [1.165, 1.54) is 31.2 Å². The molecule has 2 aromatic rings. The maximum atomic E-state index is 13.0. The van der Waals surface area contributed by atoms with E-state index in [2.05, 4.69) is 40.2 Å². The van der Waals surface area contributed by atoms with E-state index in [0.29, 0.717) is 23.9 Å². The first-order chi connectivity index (χ1) is 14.2. The molecule has 0 radical (unpaired) electrons. The van der Waals surface area contributed by atoms with E-state index < -0.39 is 0 Å². The summed E-state index contributed by atoms with van der Waals surface area (Å²) in [5.41, 5.74) is 1.42. The van der Waals surface area contributed by atoms with Gasteiger partial charge in [-0.15, -0.1) is 0 Å². The third-order valence-electron chi connectivity index (χ3n) is 7.16. The van der Waals surface area contributed by atoms with E-state index in [-0.39, 0.29) is 17.0 Å². The van der Waals surface area contributed by atoms with Crippen LogP contribution in [0.3, 0.4) is 0 Å². The third-order valence-corrected chi connectivity index (χ3v) is 7.16. The molecule has 4 heterocycles. The second-order valence-corrected chi connectivity index (χ2v) is 9.02. The predicted octanol–water partition coefficient (Wildman–Crippen LogP) is 2.93. The molecule has 152 valence electrons. The molecule has 3 aliphatic rings. The number of carbonyl (C=O) groups is 1. The summed E-state index contributed by atoms with van der Waals surface area (Å²) in [5.74, 6) is 0.924. The number of hydrogen-bond donors (Lipinski definition) is 1. The number of likely N-dealkylation sites (tertiary alicyclic amines) is 1. The Morgan fingerprint density at radius 2 is 1.90 bits per heavy atom. The maximum absolute atomic E-state index is 13.0. The number of amides is 1. The number of piperidine rings is 3. The van der Waals surface area contributed by atoms with Gasteiger partial charge in [0.2, 0.25) is 0 Å². The van der Waals surface area contributed by atoms with Crippen LogP contribution in [-0.4, -0.2) is 52.4 Å². The fourth-order valence-corrected chi connectivity index (χ4v) is 5.94. The van der Waals surface area contributed by atoms with Crippen molar-refractivity contribution in [3.63, 3.8) is 0 Å². The molecule has 29 heavy (non-hydrogen) atoms.